The van der Waals surface area contributed by atoms with Crippen LogP contribution in [-0.2, 0) is 6.42 Å². The summed E-state index contributed by atoms with van der Waals surface area (Å²) in [6.45, 7) is 0. The molecule has 1 fully saturated rings. The van der Waals surface area contributed by atoms with Crippen molar-refractivity contribution in [1.82, 2.24) is 10.3 Å². The van der Waals surface area contributed by atoms with E-state index in [2.05, 4.69) is 28.7 Å². The maximum absolute atomic E-state index is 4.64. The van der Waals surface area contributed by atoms with E-state index in [1.807, 2.05) is 18.0 Å². The molecule has 2 nitrogen and oxygen atoms in total. The molecule has 3 atom stereocenters. The second-order valence-electron chi connectivity index (χ2n) is 5.88. The number of hydrogen-bond acceptors (Lipinski definition) is 3. The zero-order valence-electron chi connectivity index (χ0n) is 11.8. The number of nitrogens with one attached hydrogen (secondary N) is 1. The average molecular weight is 276 g/mol. The Hall–Kier alpha value is -0.540. The van der Waals surface area contributed by atoms with E-state index in [9.17, 15) is 0 Å². The first-order valence-corrected chi connectivity index (χ1v) is 8.88. The smallest absolute Gasteiger partial charge is 0.0605 e. The molecule has 1 aromatic heterocycles. The first kappa shape index (κ1) is 13.4. The highest BCUT2D eigenvalue weighted by atomic mass is 32.2. The minimum atomic E-state index is 0.496. The molecule has 1 saturated carbocycles. The molecule has 19 heavy (non-hydrogen) atoms. The van der Waals surface area contributed by atoms with Crippen LogP contribution in [-0.4, -0.2) is 22.5 Å². The van der Waals surface area contributed by atoms with Crippen molar-refractivity contribution in [3.8, 4) is 0 Å². The second kappa shape index (κ2) is 6.27. The lowest BCUT2D eigenvalue weighted by molar-refractivity contribution is 0.322. The third-order valence-electron chi connectivity index (χ3n) is 4.59. The molecule has 0 spiro atoms. The van der Waals surface area contributed by atoms with Gasteiger partial charge in [-0.1, -0.05) is 12.5 Å². The fourth-order valence-electron chi connectivity index (χ4n) is 3.57. The van der Waals surface area contributed by atoms with Crippen LogP contribution in [0.5, 0.6) is 0 Å². The number of pyridine rings is 1. The van der Waals surface area contributed by atoms with E-state index in [4.69, 9.17) is 0 Å². The van der Waals surface area contributed by atoms with Gasteiger partial charge in [0, 0.05) is 23.5 Å². The minimum Gasteiger partial charge on any atom is -0.306 e. The zero-order chi connectivity index (χ0) is 13.1. The van der Waals surface area contributed by atoms with Gasteiger partial charge < -0.3 is 5.32 Å². The molecule has 3 rings (SSSR count). The normalized spacial score (nSPS) is 30.9. The molecule has 3 unspecified atom stereocenters. The molecule has 0 radical (unpaired) electrons. The Morgan fingerprint density at radius 3 is 3.11 bits per heavy atom. The number of thioether (sulfide) groups is 1. The molecule has 0 bridgehead atoms. The Kier molecular flexibility index (Phi) is 4.44. The Labute approximate surface area is 120 Å². The maximum Gasteiger partial charge on any atom is 0.0605 e. The van der Waals surface area contributed by atoms with Gasteiger partial charge in [-0.3, -0.25) is 4.98 Å². The van der Waals surface area contributed by atoms with Crippen LogP contribution in [0.25, 0.3) is 0 Å². The van der Waals surface area contributed by atoms with Crippen molar-refractivity contribution in [2.75, 3.05) is 6.26 Å². The molecule has 1 N–H and O–H groups in total. The maximum atomic E-state index is 4.64. The van der Waals surface area contributed by atoms with E-state index >= 15 is 0 Å². The van der Waals surface area contributed by atoms with E-state index in [1.54, 1.807) is 0 Å². The molecular formula is C16H24N2S. The van der Waals surface area contributed by atoms with Crippen molar-refractivity contribution in [3.05, 3.63) is 29.6 Å². The third kappa shape index (κ3) is 3.14. The molecule has 0 saturated heterocycles. The molecule has 3 heteroatoms. The summed E-state index contributed by atoms with van der Waals surface area (Å²) in [5.74, 6) is 0. The molecule has 2 aliphatic rings. The number of rotatable bonds is 3. The van der Waals surface area contributed by atoms with Gasteiger partial charge in [-0.2, -0.15) is 11.8 Å². The van der Waals surface area contributed by atoms with Gasteiger partial charge in [-0.05, 0) is 56.4 Å². The lowest BCUT2D eigenvalue weighted by Crippen LogP contribution is -2.39. The first-order chi connectivity index (χ1) is 9.36. The summed E-state index contributed by atoms with van der Waals surface area (Å²) in [5.41, 5.74) is 2.78. The number of hydrogen-bond donors (Lipinski definition) is 1. The van der Waals surface area contributed by atoms with Crippen molar-refractivity contribution in [3.63, 3.8) is 0 Å². The third-order valence-corrected chi connectivity index (χ3v) is 5.69. The molecule has 1 heterocycles. The highest BCUT2D eigenvalue weighted by Crippen LogP contribution is 2.32. The van der Waals surface area contributed by atoms with Crippen LogP contribution in [0.3, 0.4) is 0 Å². The van der Waals surface area contributed by atoms with Crippen LogP contribution in [0.15, 0.2) is 18.3 Å². The molecule has 1 aromatic rings. The molecule has 2 aliphatic carbocycles. The lowest BCUT2D eigenvalue weighted by atomic mass is 9.89. The van der Waals surface area contributed by atoms with Crippen LogP contribution in [0, 0.1) is 0 Å². The number of fused-ring (bicyclic) bond motifs is 1. The van der Waals surface area contributed by atoms with Crippen molar-refractivity contribution < 1.29 is 0 Å². The van der Waals surface area contributed by atoms with Gasteiger partial charge in [0.15, 0.2) is 0 Å². The first-order valence-electron chi connectivity index (χ1n) is 7.59. The van der Waals surface area contributed by atoms with Gasteiger partial charge in [-0.15, -0.1) is 0 Å². The Bertz CT molecular complexity index is 421. The SMILES string of the molecule is CSC1CCCC(NC2CCCc3cccnc32)C1. The predicted octanol–water partition coefficient (Wildman–Crippen LogP) is 3.72. The van der Waals surface area contributed by atoms with Crippen LogP contribution < -0.4 is 5.32 Å². The average Bonchev–Trinajstić information content (AvgIpc) is 2.48. The molecule has 0 aromatic carbocycles. The summed E-state index contributed by atoms with van der Waals surface area (Å²) in [4.78, 5) is 4.64. The quantitative estimate of drug-likeness (QED) is 0.910. The minimum absolute atomic E-state index is 0.496. The second-order valence-corrected chi connectivity index (χ2v) is 7.02. The van der Waals surface area contributed by atoms with E-state index in [0.29, 0.717) is 12.1 Å². The Morgan fingerprint density at radius 1 is 1.26 bits per heavy atom. The van der Waals surface area contributed by atoms with Gasteiger partial charge in [0.2, 0.25) is 0 Å². The van der Waals surface area contributed by atoms with Crippen LogP contribution >= 0.6 is 11.8 Å². The number of aromatic nitrogens is 1. The van der Waals surface area contributed by atoms with Gasteiger partial charge in [0.25, 0.3) is 0 Å². The number of aryl methyl sites for hydroxylation is 1. The lowest BCUT2D eigenvalue weighted by Gasteiger charge is -2.34. The number of nitrogens with zero attached hydrogens (tertiary/aromatic N) is 1. The van der Waals surface area contributed by atoms with Gasteiger partial charge >= 0.3 is 0 Å². The van der Waals surface area contributed by atoms with E-state index in [1.165, 1.54) is 56.2 Å². The summed E-state index contributed by atoms with van der Waals surface area (Å²) < 4.78 is 0. The standard InChI is InChI=1S/C16H24N2S/c1-19-14-8-3-7-13(11-14)18-15-9-2-5-12-6-4-10-17-16(12)15/h4,6,10,13-15,18H,2-3,5,7-9,11H2,1H3. The van der Waals surface area contributed by atoms with Gasteiger partial charge in [-0.25, -0.2) is 0 Å². The van der Waals surface area contributed by atoms with Crippen molar-refractivity contribution in [2.24, 2.45) is 0 Å². The van der Waals surface area contributed by atoms with Crippen LogP contribution in [0.2, 0.25) is 0 Å². The predicted molar refractivity (Wildman–Crippen MR) is 82.6 cm³/mol. The van der Waals surface area contributed by atoms with Gasteiger partial charge in [0.05, 0.1) is 5.69 Å². The summed E-state index contributed by atoms with van der Waals surface area (Å²) in [6, 6.07) is 5.52. The van der Waals surface area contributed by atoms with Crippen molar-refractivity contribution in [2.45, 2.75) is 62.3 Å². The topological polar surface area (TPSA) is 24.9 Å². The Balaban J connectivity index is 1.67. The van der Waals surface area contributed by atoms with Crippen molar-refractivity contribution >= 4 is 11.8 Å². The fraction of sp³-hybridized carbons (Fsp3) is 0.688. The zero-order valence-corrected chi connectivity index (χ0v) is 12.6. The van der Waals surface area contributed by atoms with Crippen molar-refractivity contribution in [1.29, 1.82) is 0 Å². The summed E-state index contributed by atoms with van der Waals surface area (Å²) >= 11 is 2.04. The van der Waals surface area contributed by atoms with E-state index in [0.717, 1.165) is 5.25 Å². The van der Waals surface area contributed by atoms with E-state index in [-0.39, 0.29) is 0 Å². The molecule has 0 amide bonds. The highest BCUT2D eigenvalue weighted by molar-refractivity contribution is 7.99. The fourth-order valence-corrected chi connectivity index (χ4v) is 4.39. The van der Waals surface area contributed by atoms with Gasteiger partial charge in [0.1, 0.15) is 0 Å². The molecule has 0 aliphatic heterocycles. The Morgan fingerprint density at radius 2 is 2.21 bits per heavy atom. The van der Waals surface area contributed by atoms with Crippen LogP contribution in [0.4, 0.5) is 0 Å². The molecule has 104 valence electrons. The molecular weight excluding hydrogens is 252 g/mol. The largest absolute Gasteiger partial charge is 0.306 e. The highest BCUT2D eigenvalue weighted by Gasteiger charge is 2.27. The van der Waals surface area contributed by atoms with E-state index < -0.39 is 0 Å². The van der Waals surface area contributed by atoms with Crippen LogP contribution in [0.1, 0.15) is 55.8 Å². The summed E-state index contributed by atoms with van der Waals surface area (Å²) in [5, 5.41) is 4.76. The summed E-state index contributed by atoms with van der Waals surface area (Å²) in [7, 11) is 0. The summed E-state index contributed by atoms with van der Waals surface area (Å²) in [6.07, 6.45) is 13.4. The monoisotopic (exact) mass is 276 g/mol.